The van der Waals surface area contributed by atoms with Gasteiger partial charge < -0.3 is 54.1 Å². The summed E-state index contributed by atoms with van der Waals surface area (Å²) < 4.78 is 31.5. The van der Waals surface area contributed by atoms with Crippen LogP contribution in [0.1, 0.15) is 101 Å². The number of rotatable bonds is 9. The van der Waals surface area contributed by atoms with Crippen LogP contribution in [0.3, 0.4) is 0 Å². The predicted molar refractivity (Wildman–Crippen MR) is 201 cm³/mol. The van der Waals surface area contributed by atoms with E-state index in [1.807, 2.05) is 20.9 Å². The molecular weight excluding hydrogens is 698 g/mol. The lowest BCUT2D eigenvalue weighted by Crippen LogP contribution is -2.62. The molecule has 3 aliphatic heterocycles. The first-order valence-electron chi connectivity index (χ1n) is 20.1. The molecule has 13 nitrogen and oxygen atoms in total. The van der Waals surface area contributed by atoms with Gasteiger partial charge in [0.15, 0.2) is 6.29 Å². The zero-order valence-corrected chi connectivity index (χ0v) is 34.7. The van der Waals surface area contributed by atoms with Crippen LogP contribution >= 0.6 is 0 Å². The van der Waals surface area contributed by atoms with Crippen molar-refractivity contribution >= 4 is 11.8 Å². The second-order valence-electron chi connectivity index (χ2n) is 17.9. The third kappa shape index (κ3) is 9.60. The Morgan fingerprint density at radius 1 is 0.926 bits per heavy atom. The highest BCUT2D eigenvalue weighted by atomic mass is 16.7. The lowest BCUT2D eigenvalue weighted by Gasteiger charge is -2.51. The first-order valence-corrected chi connectivity index (χ1v) is 20.1. The van der Waals surface area contributed by atoms with Gasteiger partial charge in [-0.25, -0.2) is 0 Å². The number of aliphatic hydroxyl groups excluding tert-OH is 3. The van der Waals surface area contributed by atoms with E-state index in [1.165, 1.54) is 21.0 Å². The number of aliphatic hydroxyl groups is 5. The van der Waals surface area contributed by atoms with E-state index >= 15 is 0 Å². The molecule has 0 bridgehead atoms. The normalized spacial score (nSPS) is 48.7. The molecule has 0 aromatic rings. The summed E-state index contributed by atoms with van der Waals surface area (Å²) in [5.41, 5.74) is -4.78. The molecule has 4 aliphatic rings. The Hall–Kier alpha value is -1.52. The number of hydrogen-bond donors (Lipinski definition) is 5. The first kappa shape index (κ1) is 45.2. The van der Waals surface area contributed by atoms with E-state index in [0.29, 0.717) is 12.3 Å². The molecule has 3 fully saturated rings. The molecule has 0 amide bonds. The number of methoxy groups -OCH3 is 1. The summed E-state index contributed by atoms with van der Waals surface area (Å²) in [6.45, 7) is 17.6. The molecule has 3 saturated heterocycles. The minimum absolute atomic E-state index is 0.102. The molecular formula is C41H71NO12. The summed E-state index contributed by atoms with van der Waals surface area (Å²) in [6.07, 6.45) is -2.77. The van der Waals surface area contributed by atoms with Crippen LogP contribution in [0.5, 0.6) is 0 Å². The summed E-state index contributed by atoms with van der Waals surface area (Å²) in [5.74, 6) is -4.85. The van der Waals surface area contributed by atoms with Crippen LogP contribution in [0.25, 0.3) is 0 Å². The highest BCUT2D eigenvalue weighted by Crippen LogP contribution is 2.45. The largest absolute Gasteiger partial charge is 0.459 e. The number of ketones is 1. The third-order valence-corrected chi connectivity index (χ3v) is 13.4. The number of esters is 1. The van der Waals surface area contributed by atoms with Crippen molar-refractivity contribution in [2.45, 2.75) is 179 Å². The molecule has 13 heteroatoms. The van der Waals surface area contributed by atoms with Crippen molar-refractivity contribution in [1.82, 2.24) is 4.90 Å². The van der Waals surface area contributed by atoms with E-state index in [9.17, 15) is 35.1 Å². The molecule has 1 unspecified atom stereocenters. The summed E-state index contributed by atoms with van der Waals surface area (Å²) >= 11 is 0. The Balaban J connectivity index is 1.82. The van der Waals surface area contributed by atoms with Crippen LogP contribution in [-0.4, -0.2) is 141 Å². The quantitative estimate of drug-likeness (QED) is 0.171. The van der Waals surface area contributed by atoms with Crippen molar-refractivity contribution in [2.24, 2.45) is 35.5 Å². The van der Waals surface area contributed by atoms with Crippen LogP contribution in [0.15, 0.2) is 12.2 Å². The highest BCUT2D eigenvalue weighted by molar-refractivity contribution is 5.83. The predicted octanol–water partition coefficient (Wildman–Crippen LogP) is 3.01. The third-order valence-electron chi connectivity index (χ3n) is 13.4. The van der Waals surface area contributed by atoms with E-state index in [4.69, 9.17) is 23.7 Å². The minimum atomic E-state index is -1.98. The summed E-state index contributed by atoms with van der Waals surface area (Å²) in [5, 5.41) is 58.7. The maximum atomic E-state index is 14.3. The molecule has 1 aliphatic carbocycles. The minimum Gasteiger partial charge on any atom is -0.459 e. The molecule has 0 spiro atoms. The fraction of sp³-hybridized carbons (Fsp3) is 0.902. The average molecular weight is 770 g/mol. The molecule has 0 saturated carbocycles. The van der Waals surface area contributed by atoms with Crippen molar-refractivity contribution in [3.63, 3.8) is 0 Å². The maximum Gasteiger partial charge on any atom is 0.309 e. The van der Waals surface area contributed by atoms with Crippen molar-refractivity contribution in [2.75, 3.05) is 20.7 Å². The SMILES string of the molecule is CC[C@H]1OC(=O)[C@H](C)C([C@H]2C[C@@](C)(OC)[C@@H](O)[C@H](C)O2)[C@H](C)[C@@H](O[C@@H]2O[C@H](C)C[C@H](N(C)CCC3C=C3)[C@H]2O)[C@](C)(O)C[C@@H](C)C(=O)[C@H](C)[C@@H](O)[C@]1(C)O. The van der Waals surface area contributed by atoms with Crippen molar-refractivity contribution in [1.29, 1.82) is 0 Å². The Morgan fingerprint density at radius 2 is 1.56 bits per heavy atom. The van der Waals surface area contributed by atoms with Crippen LogP contribution in [0, 0.1) is 35.5 Å². The zero-order valence-electron chi connectivity index (χ0n) is 34.7. The number of nitrogens with zero attached hydrogens (tertiary/aromatic N) is 1. The lowest BCUT2D eigenvalue weighted by molar-refractivity contribution is -0.302. The van der Waals surface area contributed by atoms with Gasteiger partial charge in [0, 0.05) is 37.3 Å². The molecule has 54 heavy (non-hydrogen) atoms. The number of allylic oxidation sites excluding steroid dienone is 2. The molecule has 5 N–H and O–H groups in total. The van der Waals surface area contributed by atoms with Gasteiger partial charge in [-0.2, -0.15) is 0 Å². The monoisotopic (exact) mass is 769 g/mol. The van der Waals surface area contributed by atoms with Crippen molar-refractivity contribution < 1.29 is 58.8 Å². The Labute approximate surface area is 322 Å². The van der Waals surface area contributed by atoms with Crippen LogP contribution in [0.4, 0.5) is 0 Å². The highest BCUT2D eigenvalue weighted by Gasteiger charge is 2.55. The summed E-state index contributed by atoms with van der Waals surface area (Å²) in [7, 11) is 3.49. The maximum absolute atomic E-state index is 14.3. The van der Waals surface area contributed by atoms with E-state index in [0.717, 1.165) is 13.0 Å². The number of carbonyl (C=O) groups excluding carboxylic acids is 2. The zero-order chi connectivity index (χ0) is 40.7. The van der Waals surface area contributed by atoms with E-state index in [2.05, 4.69) is 17.1 Å². The lowest BCUT2D eigenvalue weighted by atomic mass is 9.67. The Kier molecular flexibility index (Phi) is 14.7. The standard InChI is InChI=1S/C41H71NO12/c1-13-30-41(10,49)34(45)25(6)32(43)21(2)19-39(8,48)36(54-38-33(44)28(18-22(3)51-38)42(11)17-16-27-14-15-27)23(4)31(24(5)37(47)53-30)29-20-40(9,50-12)35(46)26(7)52-29/h14-15,21-31,33-36,38,44-46,48-49H,13,16-20H2,1-12H3/t21-,22-,23+,24-,25+,26+,28+,29-,30-,31?,33-,34-,35+,36-,38+,39-,40-,41-/m1/s1. The average Bonchev–Trinajstić information content (AvgIpc) is 3.94. The fourth-order valence-corrected chi connectivity index (χ4v) is 9.67. The topological polar surface area (TPSA) is 185 Å². The fourth-order valence-electron chi connectivity index (χ4n) is 9.67. The van der Waals surface area contributed by atoms with Gasteiger partial charge in [-0.05, 0) is 85.7 Å². The number of carbonyl (C=O) groups is 2. The molecule has 0 radical (unpaired) electrons. The molecule has 18 atom stereocenters. The number of Topliss-reactive ketones (excluding diaryl/α,β-unsaturated/α-hetero) is 1. The second-order valence-corrected chi connectivity index (χ2v) is 17.9. The number of ether oxygens (including phenoxy) is 5. The molecule has 0 aromatic heterocycles. The van der Waals surface area contributed by atoms with E-state index in [-0.39, 0.29) is 37.2 Å². The van der Waals surface area contributed by atoms with Gasteiger partial charge in [0.2, 0.25) is 0 Å². The van der Waals surface area contributed by atoms with Gasteiger partial charge >= 0.3 is 5.97 Å². The van der Waals surface area contributed by atoms with Gasteiger partial charge in [-0.15, -0.1) is 0 Å². The number of hydrogen-bond acceptors (Lipinski definition) is 13. The van der Waals surface area contributed by atoms with Crippen molar-refractivity contribution in [3.8, 4) is 0 Å². The Morgan fingerprint density at radius 3 is 2.13 bits per heavy atom. The van der Waals surface area contributed by atoms with Gasteiger partial charge in [0.25, 0.3) is 0 Å². The first-order chi connectivity index (χ1) is 25.0. The Bertz CT molecular complexity index is 1300. The van der Waals surface area contributed by atoms with Crippen LogP contribution in [-0.2, 0) is 33.3 Å². The van der Waals surface area contributed by atoms with Crippen LogP contribution in [0.2, 0.25) is 0 Å². The number of likely N-dealkylation sites (N-methyl/N-ethyl adjacent to an activating group) is 1. The van der Waals surface area contributed by atoms with Gasteiger partial charge in [0.1, 0.15) is 29.7 Å². The molecule has 4 rings (SSSR count). The van der Waals surface area contributed by atoms with Gasteiger partial charge in [-0.1, -0.05) is 46.8 Å². The molecule has 0 aromatic carbocycles. The smallest absolute Gasteiger partial charge is 0.309 e. The van der Waals surface area contributed by atoms with Crippen molar-refractivity contribution in [3.05, 3.63) is 12.2 Å². The molecule has 312 valence electrons. The second kappa shape index (κ2) is 17.5. The summed E-state index contributed by atoms with van der Waals surface area (Å²) in [6, 6.07) is -0.297. The van der Waals surface area contributed by atoms with E-state index < -0.39 is 101 Å². The van der Waals surface area contributed by atoms with Gasteiger partial charge in [-0.3, -0.25) is 9.59 Å². The van der Waals surface area contributed by atoms with E-state index in [1.54, 1.807) is 41.5 Å². The summed E-state index contributed by atoms with van der Waals surface area (Å²) in [4.78, 5) is 30.4. The number of cyclic esters (lactones) is 1. The molecule has 3 heterocycles. The van der Waals surface area contributed by atoms with Gasteiger partial charge in [0.05, 0.1) is 47.6 Å². The van der Waals surface area contributed by atoms with Crippen LogP contribution < -0.4 is 0 Å².